The first kappa shape index (κ1) is 17.9. The fraction of sp³-hybridized carbons (Fsp3) is 0.529. The van der Waals surface area contributed by atoms with Gasteiger partial charge in [0, 0.05) is 13.1 Å². The van der Waals surface area contributed by atoms with Crippen LogP contribution in [0.3, 0.4) is 0 Å². The molecule has 1 aliphatic heterocycles. The molecule has 3 rings (SSSR count). The van der Waals surface area contributed by atoms with Gasteiger partial charge in [0.05, 0.1) is 23.0 Å². The van der Waals surface area contributed by atoms with Crippen LogP contribution in [0.4, 0.5) is 0 Å². The molecule has 1 aliphatic carbocycles. The average molecular weight is 367 g/mol. The number of hydrogen-bond acceptors (Lipinski definition) is 5. The van der Waals surface area contributed by atoms with Gasteiger partial charge in [0.25, 0.3) is 0 Å². The summed E-state index contributed by atoms with van der Waals surface area (Å²) in [4.78, 5) is 23.7. The number of aryl methyl sites for hydroxylation is 1. The Bertz CT molecular complexity index is 834. The van der Waals surface area contributed by atoms with Crippen LogP contribution in [-0.2, 0) is 19.6 Å². The van der Waals surface area contributed by atoms with Crippen molar-refractivity contribution in [1.82, 2.24) is 4.31 Å². The standard InChI is InChI=1S/C17H21NO6S/c1-11-5-6-14(13(8-11)15(19)24-2)25(22,23)18-9-12-4-3-7-17(12,10-18)16(20)21/h5-6,8,12H,3-4,7,9-10H2,1-2H3,(H,20,21)/t12-,17+/m0/s1. The summed E-state index contributed by atoms with van der Waals surface area (Å²) >= 11 is 0. The lowest BCUT2D eigenvalue weighted by Crippen LogP contribution is -2.37. The first-order valence-electron chi connectivity index (χ1n) is 8.15. The highest BCUT2D eigenvalue weighted by atomic mass is 32.2. The van der Waals surface area contributed by atoms with E-state index in [1.165, 1.54) is 23.5 Å². The predicted octanol–water partition coefficient (Wildman–Crippen LogP) is 1.66. The normalized spacial score (nSPS) is 26.4. The number of aliphatic carboxylic acids is 1. The van der Waals surface area contributed by atoms with Crippen LogP contribution in [0, 0.1) is 18.3 Å². The monoisotopic (exact) mass is 367 g/mol. The second kappa shape index (κ2) is 6.10. The van der Waals surface area contributed by atoms with Crippen molar-refractivity contribution < 1.29 is 27.9 Å². The molecule has 0 aromatic heterocycles. The SMILES string of the molecule is COC(=O)c1cc(C)ccc1S(=O)(=O)N1C[C@@H]2CCC[C@@]2(C(=O)O)C1. The molecular weight excluding hydrogens is 346 g/mol. The second-order valence-electron chi connectivity index (χ2n) is 6.84. The Balaban J connectivity index is 2.02. The quantitative estimate of drug-likeness (QED) is 0.812. The number of carboxylic acids is 1. The smallest absolute Gasteiger partial charge is 0.339 e. The molecule has 136 valence electrons. The number of carboxylic acid groups (broad SMARTS) is 1. The van der Waals surface area contributed by atoms with E-state index in [2.05, 4.69) is 0 Å². The number of esters is 1. The highest BCUT2D eigenvalue weighted by Gasteiger charge is 2.57. The molecule has 2 aliphatic rings. The van der Waals surface area contributed by atoms with E-state index in [-0.39, 0.29) is 29.5 Å². The maximum absolute atomic E-state index is 13.1. The summed E-state index contributed by atoms with van der Waals surface area (Å²) < 4.78 is 32.1. The third kappa shape index (κ3) is 2.73. The lowest BCUT2D eigenvalue weighted by atomic mass is 9.81. The fourth-order valence-electron chi connectivity index (χ4n) is 4.05. The molecule has 8 heteroatoms. The Morgan fingerprint density at radius 2 is 2.08 bits per heavy atom. The molecule has 1 heterocycles. The zero-order chi connectivity index (χ0) is 18.4. The van der Waals surface area contributed by atoms with Crippen LogP contribution in [0.2, 0.25) is 0 Å². The number of nitrogens with zero attached hydrogens (tertiary/aromatic N) is 1. The number of benzene rings is 1. The Morgan fingerprint density at radius 1 is 1.36 bits per heavy atom. The van der Waals surface area contributed by atoms with Crippen molar-refractivity contribution >= 4 is 22.0 Å². The van der Waals surface area contributed by atoms with E-state index in [0.29, 0.717) is 12.8 Å². The Kier molecular flexibility index (Phi) is 4.36. The minimum atomic E-state index is -3.99. The number of hydrogen-bond donors (Lipinski definition) is 1. The van der Waals surface area contributed by atoms with Crippen molar-refractivity contribution in [2.75, 3.05) is 20.2 Å². The van der Waals surface area contributed by atoms with Crippen LogP contribution in [0.15, 0.2) is 23.1 Å². The van der Waals surface area contributed by atoms with Gasteiger partial charge in [0.15, 0.2) is 0 Å². The molecule has 1 aromatic carbocycles. The fourth-order valence-corrected chi connectivity index (χ4v) is 5.77. The van der Waals surface area contributed by atoms with Gasteiger partial charge >= 0.3 is 11.9 Å². The number of fused-ring (bicyclic) bond motifs is 1. The van der Waals surface area contributed by atoms with Crippen LogP contribution in [0.5, 0.6) is 0 Å². The second-order valence-corrected chi connectivity index (χ2v) is 8.75. The molecule has 0 radical (unpaired) electrons. The Hall–Kier alpha value is -1.93. The summed E-state index contributed by atoms with van der Waals surface area (Å²) in [5.74, 6) is -1.86. The minimum absolute atomic E-state index is 0.0241. The summed E-state index contributed by atoms with van der Waals surface area (Å²) in [5.41, 5.74) is -0.299. The van der Waals surface area contributed by atoms with Crippen LogP contribution >= 0.6 is 0 Å². The van der Waals surface area contributed by atoms with Gasteiger partial charge in [-0.2, -0.15) is 4.31 Å². The highest BCUT2D eigenvalue weighted by Crippen LogP contribution is 2.50. The molecule has 1 N–H and O–H groups in total. The van der Waals surface area contributed by atoms with E-state index in [9.17, 15) is 23.1 Å². The van der Waals surface area contributed by atoms with Crippen molar-refractivity contribution in [3.05, 3.63) is 29.3 Å². The number of rotatable bonds is 4. The van der Waals surface area contributed by atoms with E-state index >= 15 is 0 Å². The molecular formula is C17H21NO6S. The third-order valence-corrected chi connectivity index (χ3v) is 7.29. The number of sulfonamides is 1. The van der Waals surface area contributed by atoms with Gasteiger partial charge in [-0.15, -0.1) is 0 Å². The highest BCUT2D eigenvalue weighted by molar-refractivity contribution is 7.89. The van der Waals surface area contributed by atoms with Crippen molar-refractivity contribution in [1.29, 1.82) is 0 Å². The van der Waals surface area contributed by atoms with Gasteiger partial charge in [-0.05, 0) is 37.8 Å². The van der Waals surface area contributed by atoms with Gasteiger partial charge in [-0.1, -0.05) is 18.1 Å². The number of methoxy groups -OCH3 is 1. The molecule has 7 nitrogen and oxygen atoms in total. The van der Waals surface area contributed by atoms with Gasteiger partial charge in [0.1, 0.15) is 0 Å². The first-order valence-corrected chi connectivity index (χ1v) is 9.59. The Morgan fingerprint density at radius 3 is 2.68 bits per heavy atom. The van der Waals surface area contributed by atoms with Crippen molar-refractivity contribution in [3.63, 3.8) is 0 Å². The number of carbonyl (C=O) groups excluding carboxylic acids is 1. The van der Waals surface area contributed by atoms with Gasteiger partial charge in [0.2, 0.25) is 10.0 Å². The molecule has 2 atom stereocenters. The van der Waals surface area contributed by atoms with E-state index in [0.717, 1.165) is 12.0 Å². The van der Waals surface area contributed by atoms with E-state index in [1.54, 1.807) is 13.0 Å². The molecule has 0 amide bonds. The maximum Gasteiger partial charge on any atom is 0.339 e. The summed E-state index contributed by atoms with van der Waals surface area (Å²) in [6, 6.07) is 4.48. The lowest BCUT2D eigenvalue weighted by molar-refractivity contribution is -0.149. The summed E-state index contributed by atoms with van der Waals surface area (Å²) in [6.45, 7) is 1.87. The van der Waals surface area contributed by atoms with Crippen LogP contribution < -0.4 is 0 Å². The van der Waals surface area contributed by atoms with Crippen molar-refractivity contribution in [2.24, 2.45) is 11.3 Å². The Labute approximate surface area is 146 Å². The number of carbonyl (C=O) groups is 2. The number of ether oxygens (including phenoxy) is 1. The molecule has 25 heavy (non-hydrogen) atoms. The largest absolute Gasteiger partial charge is 0.481 e. The molecule has 0 unspecified atom stereocenters. The molecule has 0 bridgehead atoms. The summed E-state index contributed by atoms with van der Waals surface area (Å²) in [5, 5.41) is 9.65. The maximum atomic E-state index is 13.1. The molecule has 1 aromatic rings. The van der Waals surface area contributed by atoms with E-state index in [4.69, 9.17) is 4.74 Å². The van der Waals surface area contributed by atoms with Gasteiger partial charge in [-0.25, -0.2) is 13.2 Å². The minimum Gasteiger partial charge on any atom is -0.481 e. The third-order valence-electron chi connectivity index (χ3n) is 5.42. The van der Waals surface area contributed by atoms with Crippen LogP contribution in [-0.4, -0.2) is 50.0 Å². The topological polar surface area (TPSA) is 101 Å². The van der Waals surface area contributed by atoms with E-state index < -0.39 is 27.4 Å². The predicted molar refractivity (Wildman–Crippen MR) is 88.7 cm³/mol. The van der Waals surface area contributed by atoms with Gasteiger partial charge in [-0.3, -0.25) is 4.79 Å². The molecule has 1 saturated heterocycles. The van der Waals surface area contributed by atoms with E-state index in [1.807, 2.05) is 0 Å². The zero-order valence-corrected chi connectivity index (χ0v) is 15.0. The molecule has 1 saturated carbocycles. The average Bonchev–Trinajstić information content (AvgIpc) is 3.12. The van der Waals surface area contributed by atoms with Gasteiger partial charge < -0.3 is 9.84 Å². The van der Waals surface area contributed by atoms with Crippen LogP contribution in [0.1, 0.15) is 35.2 Å². The van der Waals surface area contributed by atoms with Crippen molar-refractivity contribution in [2.45, 2.75) is 31.1 Å². The first-order chi connectivity index (χ1) is 11.7. The molecule has 2 fully saturated rings. The van der Waals surface area contributed by atoms with Crippen LogP contribution in [0.25, 0.3) is 0 Å². The zero-order valence-electron chi connectivity index (χ0n) is 14.2. The summed E-state index contributed by atoms with van der Waals surface area (Å²) in [6.07, 6.45) is 1.98. The summed E-state index contributed by atoms with van der Waals surface area (Å²) in [7, 11) is -2.79. The van der Waals surface area contributed by atoms with Crippen molar-refractivity contribution in [3.8, 4) is 0 Å². The lowest BCUT2D eigenvalue weighted by Gasteiger charge is -2.23. The molecule has 0 spiro atoms.